The fourth-order valence-corrected chi connectivity index (χ4v) is 2.23. The molecule has 0 aliphatic carbocycles. The van der Waals surface area contributed by atoms with Gasteiger partial charge in [0.2, 0.25) is 11.8 Å². The molecule has 0 spiro atoms. The van der Waals surface area contributed by atoms with Crippen molar-refractivity contribution < 1.29 is 18.7 Å². The second kappa shape index (κ2) is 6.00. The first-order valence-electron chi connectivity index (χ1n) is 6.46. The van der Waals surface area contributed by atoms with E-state index in [1.807, 2.05) is 6.92 Å². The minimum Gasteiger partial charge on any atom is -0.368 e. The quantitative estimate of drug-likeness (QED) is 0.859. The number of rotatable bonds is 4. The van der Waals surface area contributed by atoms with Crippen molar-refractivity contribution in [3.05, 3.63) is 35.6 Å². The van der Waals surface area contributed by atoms with Crippen LogP contribution in [0.3, 0.4) is 0 Å². The van der Waals surface area contributed by atoms with E-state index in [2.05, 4.69) is 5.32 Å². The first-order chi connectivity index (χ1) is 9.49. The van der Waals surface area contributed by atoms with Crippen LogP contribution in [0.2, 0.25) is 0 Å². The highest BCUT2D eigenvalue weighted by atomic mass is 19.1. The standard InChI is InChI=1S/C14H17FN2O3/c1-8-6-7-20-12(8)14(19)17-11(13(16)18)9-2-4-10(15)5-3-9/h2-5,8,11-12H,6-7H2,1H3,(H2,16,18)(H,17,19)/t8-,11-,12+/m1/s1. The smallest absolute Gasteiger partial charge is 0.250 e. The zero-order chi connectivity index (χ0) is 14.7. The average Bonchev–Trinajstić information content (AvgIpc) is 2.83. The zero-order valence-electron chi connectivity index (χ0n) is 11.1. The molecule has 3 atom stereocenters. The Balaban J connectivity index is 2.11. The largest absolute Gasteiger partial charge is 0.368 e. The first-order valence-corrected chi connectivity index (χ1v) is 6.46. The molecule has 1 aromatic rings. The monoisotopic (exact) mass is 280 g/mol. The SMILES string of the molecule is C[C@@H]1CCO[C@@H]1C(=O)N[C@@H](C(N)=O)c1ccc(F)cc1. The van der Waals surface area contributed by atoms with Gasteiger partial charge in [-0.1, -0.05) is 19.1 Å². The molecule has 1 aliphatic rings. The van der Waals surface area contributed by atoms with Crippen molar-refractivity contribution in [2.75, 3.05) is 6.61 Å². The van der Waals surface area contributed by atoms with Crippen molar-refractivity contribution in [2.45, 2.75) is 25.5 Å². The first kappa shape index (κ1) is 14.5. The molecule has 0 saturated carbocycles. The summed E-state index contributed by atoms with van der Waals surface area (Å²) in [5, 5.41) is 2.56. The number of nitrogens with one attached hydrogen (secondary N) is 1. The molecule has 0 bridgehead atoms. The average molecular weight is 280 g/mol. The molecule has 2 rings (SSSR count). The van der Waals surface area contributed by atoms with E-state index in [0.717, 1.165) is 6.42 Å². The maximum absolute atomic E-state index is 12.9. The predicted molar refractivity (Wildman–Crippen MR) is 70.0 cm³/mol. The number of ether oxygens (including phenoxy) is 1. The Morgan fingerprint density at radius 3 is 2.55 bits per heavy atom. The molecule has 0 unspecified atom stereocenters. The molecule has 1 aromatic carbocycles. The molecule has 20 heavy (non-hydrogen) atoms. The topological polar surface area (TPSA) is 81.4 Å². The molecule has 3 N–H and O–H groups in total. The van der Waals surface area contributed by atoms with Crippen molar-refractivity contribution in [3.63, 3.8) is 0 Å². The summed E-state index contributed by atoms with van der Waals surface area (Å²) >= 11 is 0. The molecule has 1 fully saturated rings. The van der Waals surface area contributed by atoms with E-state index < -0.39 is 23.9 Å². The third kappa shape index (κ3) is 3.14. The highest BCUT2D eigenvalue weighted by Gasteiger charge is 2.33. The predicted octanol–water partition coefficient (Wildman–Crippen LogP) is 0.893. The van der Waals surface area contributed by atoms with Crippen molar-refractivity contribution in [1.29, 1.82) is 0 Å². The highest BCUT2D eigenvalue weighted by molar-refractivity contribution is 5.89. The van der Waals surface area contributed by atoms with Gasteiger partial charge in [0, 0.05) is 6.61 Å². The Morgan fingerprint density at radius 2 is 2.05 bits per heavy atom. The van der Waals surface area contributed by atoms with Gasteiger partial charge in [0.15, 0.2) is 0 Å². The van der Waals surface area contributed by atoms with Crippen LogP contribution in [-0.4, -0.2) is 24.5 Å². The van der Waals surface area contributed by atoms with E-state index in [1.165, 1.54) is 24.3 Å². The van der Waals surface area contributed by atoms with Crippen LogP contribution in [0, 0.1) is 11.7 Å². The van der Waals surface area contributed by atoms with Crippen LogP contribution in [0.5, 0.6) is 0 Å². The number of amides is 2. The Hall–Kier alpha value is -1.95. The molecule has 108 valence electrons. The van der Waals surface area contributed by atoms with Gasteiger partial charge >= 0.3 is 0 Å². The third-order valence-corrected chi connectivity index (χ3v) is 3.42. The Kier molecular flexibility index (Phi) is 4.34. The van der Waals surface area contributed by atoms with Gasteiger partial charge < -0.3 is 15.8 Å². The lowest BCUT2D eigenvalue weighted by Crippen LogP contribution is -2.43. The summed E-state index contributed by atoms with van der Waals surface area (Å²) in [4.78, 5) is 23.6. The minimum atomic E-state index is -0.987. The van der Waals surface area contributed by atoms with Gasteiger partial charge in [0.1, 0.15) is 18.0 Å². The second-order valence-electron chi connectivity index (χ2n) is 4.95. The summed E-state index contributed by atoms with van der Waals surface area (Å²) in [6, 6.07) is 4.28. The molecule has 2 amide bonds. The van der Waals surface area contributed by atoms with Gasteiger partial charge in [-0.3, -0.25) is 9.59 Å². The van der Waals surface area contributed by atoms with Gasteiger partial charge in [-0.2, -0.15) is 0 Å². The molecule has 1 aliphatic heterocycles. The second-order valence-corrected chi connectivity index (χ2v) is 4.95. The van der Waals surface area contributed by atoms with Crippen LogP contribution in [0.1, 0.15) is 24.9 Å². The molecule has 0 radical (unpaired) electrons. The fraction of sp³-hybridized carbons (Fsp3) is 0.429. The molecule has 6 heteroatoms. The van der Waals surface area contributed by atoms with Gasteiger partial charge in [-0.15, -0.1) is 0 Å². The highest BCUT2D eigenvalue weighted by Crippen LogP contribution is 2.21. The van der Waals surface area contributed by atoms with Crippen LogP contribution < -0.4 is 11.1 Å². The van der Waals surface area contributed by atoms with Gasteiger partial charge in [0.05, 0.1) is 0 Å². The van der Waals surface area contributed by atoms with Gasteiger partial charge in [-0.05, 0) is 30.0 Å². The molecule has 0 aromatic heterocycles. The van der Waals surface area contributed by atoms with Crippen LogP contribution in [-0.2, 0) is 14.3 Å². The van der Waals surface area contributed by atoms with Gasteiger partial charge in [-0.25, -0.2) is 4.39 Å². The Bertz CT molecular complexity index is 504. The lowest BCUT2D eigenvalue weighted by molar-refractivity contribution is -0.135. The maximum Gasteiger partial charge on any atom is 0.250 e. The summed E-state index contributed by atoms with van der Waals surface area (Å²) < 4.78 is 18.2. The third-order valence-electron chi connectivity index (χ3n) is 3.42. The summed E-state index contributed by atoms with van der Waals surface area (Å²) in [5.41, 5.74) is 5.74. The zero-order valence-corrected chi connectivity index (χ0v) is 11.1. The summed E-state index contributed by atoms with van der Waals surface area (Å²) in [7, 11) is 0. The molecule has 1 heterocycles. The van der Waals surface area contributed by atoms with Crippen LogP contribution >= 0.6 is 0 Å². The lowest BCUT2D eigenvalue weighted by atomic mass is 10.0. The number of carbonyl (C=O) groups excluding carboxylic acids is 2. The Morgan fingerprint density at radius 1 is 1.40 bits per heavy atom. The van der Waals surface area contributed by atoms with E-state index in [0.29, 0.717) is 12.2 Å². The van der Waals surface area contributed by atoms with Crippen molar-refractivity contribution in [2.24, 2.45) is 11.7 Å². The van der Waals surface area contributed by atoms with Crippen LogP contribution in [0.4, 0.5) is 4.39 Å². The maximum atomic E-state index is 12.9. The number of hydrogen-bond acceptors (Lipinski definition) is 3. The number of benzene rings is 1. The van der Waals surface area contributed by atoms with Crippen LogP contribution in [0.15, 0.2) is 24.3 Å². The number of primary amides is 1. The summed E-state index contributed by atoms with van der Waals surface area (Å²) in [6.45, 7) is 2.44. The van der Waals surface area contributed by atoms with Crippen molar-refractivity contribution >= 4 is 11.8 Å². The van der Waals surface area contributed by atoms with Crippen LogP contribution in [0.25, 0.3) is 0 Å². The fourth-order valence-electron chi connectivity index (χ4n) is 2.23. The number of hydrogen-bond donors (Lipinski definition) is 2. The minimum absolute atomic E-state index is 0.0942. The van der Waals surface area contributed by atoms with Gasteiger partial charge in [0.25, 0.3) is 0 Å². The van der Waals surface area contributed by atoms with E-state index in [4.69, 9.17) is 10.5 Å². The number of nitrogens with two attached hydrogens (primary N) is 1. The normalized spacial score (nSPS) is 23.3. The molecule has 1 saturated heterocycles. The lowest BCUT2D eigenvalue weighted by Gasteiger charge is -2.20. The van der Waals surface area contributed by atoms with E-state index in [-0.39, 0.29) is 11.8 Å². The van der Waals surface area contributed by atoms with Crippen molar-refractivity contribution in [3.8, 4) is 0 Å². The summed E-state index contributed by atoms with van der Waals surface area (Å²) in [5.74, 6) is -1.40. The Labute approximate surface area is 116 Å². The number of halogens is 1. The number of carbonyl (C=O) groups is 2. The summed E-state index contributed by atoms with van der Waals surface area (Å²) in [6.07, 6.45) is 0.230. The molecular weight excluding hydrogens is 263 g/mol. The van der Waals surface area contributed by atoms with E-state index >= 15 is 0 Å². The van der Waals surface area contributed by atoms with Crippen molar-refractivity contribution in [1.82, 2.24) is 5.32 Å². The van der Waals surface area contributed by atoms with E-state index in [9.17, 15) is 14.0 Å². The molecular formula is C14H17FN2O3. The van der Waals surface area contributed by atoms with E-state index in [1.54, 1.807) is 0 Å². The molecule has 5 nitrogen and oxygen atoms in total.